The molecular weight excluding hydrogens is 377 g/mol. The van der Waals surface area contributed by atoms with Crippen molar-refractivity contribution >= 4 is 6.03 Å². The van der Waals surface area contributed by atoms with E-state index in [1.807, 2.05) is 0 Å². The summed E-state index contributed by atoms with van der Waals surface area (Å²) in [5.74, 6) is 1.09. The Hall–Kier alpha value is -2.94. The lowest BCUT2D eigenvalue weighted by molar-refractivity contribution is -0.137. The van der Waals surface area contributed by atoms with Gasteiger partial charge in [-0.05, 0) is 35.4 Å². The van der Waals surface area contributed by atoms with Crippen LogP contribution < -0.4 is 20.1 Å². The summed E-state index contributed by atoms with van der Waals surface area (Å²) in [5.41, 5.74) is 0.244. The van der Waals surface area contributed by atoms with Crippen LogP contribution in [-0.2, 0) is 12.7 Å². The van der Waals surface area contributed by atoms with Crippen LogP contribution >= 0.6 is 0 Å². The molecule has 0 aliphatic rings. The molecule has 0 spiro atoms. The SMILES string of the molecule is COc1ccc(CNC(=O)NC[C@H](O)c2ccc(C(F)(F)F)cc2)cc1OC. The van der Waals surface area contributed by atoms with Crippen LogP contribution in [0.25, 0.3) is 0 Å². The Balaban J connectivity index is 1.83. The van der Waals surface area contributed by atoms with Gasteiger partial charge in [-0.3, -0.25) is 0 Å². The Morgan fingerprint density at radius 3 is 2.25 bits per heavy atom. The third-order valence-corrected chi connectivity index (χ3v) is 3.98. The number of methoxy groups -OCH3 is 2. The number of carbonyl (C=O) groups is 1. The van der Waals surface area contributed by atoms with Gasteiger partial charge in [0.15, 0.2) is 11.5 Å². The average molecular weight is 398 g/mol. The minimum Gasteiger partial charge on any atom is -0.493 e. The van der Waals surface area contributed by atoms with E-state index >= 15 is 0 Å². The van der Waals surface area contributed by atoms with Crippen LogP contribution in [0.4, 0.5) is 18.0 Å². The van der Waals surface area contributed by atoms with E-state index < -0.39 is 23.9 Å². The van der Waals surface area contributed by atoms with E-state index in [9.17, 15) is 23.1 Å². The number of aliphatic hydroxyl groups is 1. The zero-order valence-electron chi connectivity index (χ0n) is 15.3. The molecular formula is C19H21F3N2O4. The quantitative estimate of drug-likeness (QED) is 0.669. The highest BCUT2D eigenvalue weighted by atomic mass is 19.4. The molecule has 2 aromatic rings. The maximum Gasteiger partial charge on any atom is 0.416 e. The van der Waals surface area contributed by atoms with Crippen molar-refractivity contribution in [3.63, 3.8) is 0 Å². The first-order valence-electron chi connectivity index (χ1n) is 8.32. The van der Waals surface area contributed by atoms with Gasteiger partial charge in [0.05, 0.1) is 25.9 Å². The molecule has 2 rings (SSSR count). The van der Waals surface area contributed by atoms with Gasteiger partial charge in [0.25, 0.3) is 0 Å². The van der Waals surface area contributed by atoms with Gasteiger partial charge in [0.2, 0.25) is 0 Å². The highest BCUT2D eigenvalue weighted by Crippen LogP contribution is 2.30. The highest BCUT2D eigenvalue weighted by molar-refractivity contribution is 5.73. The van der Waals surface area contributed by atoms with E-state index in [-0.39, 0.29) is 18.7 Å². The second-order valence-corrected chi connectivity index (χ2v) is 5.89. The molecule has 2 amide bonds. The molecule has 0 unspecified atom stereocenters. The zero-order chi connectivity index (χ0) is 20.7. The van der Waals surface area contributed by atoms with Crippen LogP contribution in [0.15, 0.2) is 42.5 Å². The first-order chi connectivity index (χ1) is 13.2. The molecule has 0 saturated heterocycles. The first kappa shape index (κ1) is 21.4. The molecule has 28 heavy (non-hydrogen) atoms. The molecule has 0 bridgehead atoms. The monoisotopic (exact) mass is 398 g/mol. The Morgan fingerprint density at radius 1 is 1.04 bits per heavy atom. The molecule has 0 heterocycles. The van der Waals surface area contributed by atoms with Crippen LogP contribution in [0.2, 0.25) is 0 Å². The molecule has 6 nitrogen and oxygen atoms in total. The average Bonchev–Trinajstić information content (AvgIpc) is 2.69. The smallest absolute Gasteiger partial charge is 0.416 e. The normalized spacial score (nSPS) is 12.2. The van der Waals surface area contributed by atoms with Crippen molar-refractivity contribution < 1.29 is 32.5 Å². The zero-order valence-corrected chi connectivity index (χ0v) is 15.3. The molecule has 0 saturated carbocycles. The van der Waals surface area contributed by atoms with Gasteiger partial charge < -0.3 is 25.2 Å². The lowest BCUT2D eigenvalue weighted by Gasteiger charge is -2.14. The van der Waals surface area contributed by atoms with Crippen LogP contribution in [0, 0.1) is 0 Å². The second-order valence-electron chi connectivity index (χ2n) is 5.89. The summed E-state index contributed by atoms with van der Waals surface area (Å²) in [4.78, 5) is 11.9. The fourth-order valence-corrected chi connectivity index (χ4v) is 2.44. The maximum absolute atomic E-state index is 12.5. The standard InChI is InChI=1S/C19H21F3N2O4/c1-27-16-8-3-12(9-17(16)28-2)10-23-18(26)24-11-15(25)13-4-6-14(7-5-13)19(20,21)22/h3-9,15,25H,10-11H2,1-2H3,(H2,23,24,26)/t15-/m0/s1. The van der Waals surface area contributed by atoms with Gasteiger partial charge >= 0.3 is 12.2 Å². The molecule has 1 atom stereocenters. The fraction of sp³-hybridized carbons (Fsp3) is 0.316. The van der Waals surface area contributed by atoms with Crippen molar-refractivity contribution in [3.8, 4) is 11.5 Å². The van der Waals surface area contributed by atoms with Gasteiger partial charge in [-0.15, -0.1) is 0 Å². The van der Waals surface area contributed by atoms with Crippen molar-refractivity contribution in [2.45, 2.75) is 18.8 Å². The predicted octanol–water partition coefficient (Wildman–Crippen LogP) is 3.26. The first-order valence-corrected chi connectivity index (χ1v) is 8.32. The number of nitrogens with one attached hydrogen (secondary N) is 2. The van der Waals surface area contributed by atoms with Gasteiger partial charge in [-0.25, -0.2) is 4.79 Å². The molecule has 3 N–H and O–H groups in total. The third-order valence-electron chi connectivity index (χ3n) is 3.98. The molecule has 0 aliphatic carbocycles. The van der Waals surface area contributed by atoms with E-state index in [2.05, 4.69) is 10.6 Å². The summed E-state index contributed by atoms with van der Waals surface area (Å²) in [5, 5.41) is 15.1. The van der Waals surface area contributed by atoms with E-state index in [0.717, 1.165) is 17.7 Å². The van der Waals surface area contributed by atoms with Crippen LogP contribution in [0.1, 0.15) is 22.8 Å². The van der Waals surface area contributed by atoms with Gasteiger partial charge in [0, 0.05) is 13.1 Å². The summed E-state index contributed by atoms with van der Waals surface area (Å²) in [6.45, 7) is 0.0612. The number of carbonyl (C=O) groups excluding carboxylic acids is 1. The molecule has 9 heteroatoms. The van der Waals surface area contributed by atoms with E-state index in [4.69, 9.17) is 9.47 Å². The molecule has 0 aromatic heterocycles. The number of alkyl halides is 3. The Morgan fingerprint density at radius 2 is 1.68 bits per heavy atom. The van der Waals surface area contributed by atoms with Crippen LogP contribution in [-0.4, -0.2) is 31.9 Å². The van der Waals surface area contributed by atoms with Gasteiger partial charge in [0.1, 0.15) is 0 Å². The van der Waals surface area contributed by atoms with Crippen molar-refractivity contribution in [2.24, 2.45) is 0 Å². The molecule has 152 valence electrons. The number of rotatable bonds is 7. The molecule has 0 aliphatic heterocycles. The number of hydrogen-bond acceptors (Lipinski definition) is 4. The number of urea groups is 1. The minimum absolute atomic E-state index is 0.150. The number of ether oxygens (including phenoxy) is 2. The number of benzene rings is 2. The maximum atomic E-state index is 12.5. The number of aliphatic hydroxyl groups excluding tert-OH is 1. The van der Waals surface area contributed by atoms with Crippen molar-refractivity contribution in [1.82, 2.24) is 10.6 Å². The third kappa shape index (κ3) is 5.78. The number of hydrogen-bond donors (Lipinski definition) is 3. The number of halogens is 3. The van der Waals surface area contributed by atoms with Crippen LogP contribution in [0.5, 0.6) is 11.5 Å². The van der Waals surface area contributed by atoms with Crippen molar-refractivity contribution in [2.75, 3.05) is 20.8 Å². The fourth-order valence-electron chi connectivity index (χ4n) is 2.44. The second kappa shape index (κ2) is 9.32. The van der Waals surface area contributed by atoms with Crippen LogP contribution in [0.3, 0.4) is 0 Å². The van der Waals surface area contributed by atoms with Gasteiger partial charge in [-0.2, -0.15) is 13.2 Å². The highest BCUT2D eigenvalue weighted by Gasteiger charge is 2.30. The largest absolute Gasteiger partial charge is 0.493 e. The van der Waals surface area contributed by atoms with Gasteiger partial charge in [-0.1, -0.05) is 18.2 Å². The summed E-state index contributed by atoms with van der Waals surface area (Å²) >= 11 is 0. The summed E-state index contributed by atoms with van der Waals surface area (Å²) in [6.07, 6.45) is -5.57. The predicted molar refractivity (Wildman–Crippen MR) is 96.2 cm³/mol. The van der Waals surface area contributed by atoms with E-state index in [0.29, 0.717) is 11.5 Å². The summed E-state index contributed by atoms with van der Waals surface area (Å²) < 4.78 is 48.0. The Labute approximate surface area is 160 Å². The summed E-state index contributed by atoms with van der Waals surface area (Å²) in [7, 11) is 3.02. The topological polar surface area (TPSA) is 79.8 Å². The van der Waals surface area contributed by atoms with E-state index in [1.165, 1.54) is 26.4 Å². The van der Waals surface area contributed by atoms with Crippen molar-refractivity contribution in [1.29, 1.82) is 0 Å². The Bertz CT molecular complexity index is 795. The lowest BCUT2D eigenvalue weighted by atomic mass is 10.1. The number of amides is 2. The molecule has 0 fully saturated rings. The van der Waals surface area contributed by atoms with E-state index in [1.54, 1.807) is 18.2 Å². The Kier molecular flexibility index (Phi) is 7.11. The molecule has 2 aromatic carbocycles. The van der Waals surface area contributed by atoms with Crippen molar-refractivity contribution in [3.05, 3.63) is 59.2 Å². The molecule has 0 radical (unpaired) electrons. The lowest BCUT2D eigenvalue weighted by Crippen LogP contribution is -2.37. The summed E-state index contributed by atoms with van der Waals surface area (Å²) in [6, 6.07) is 8.79. The minimum atomic E-state index is -4.44.